The molecule has 2 heterocycles. The molecular formula is C26H30N4O3. The predicted molar refractivity (Wildman–Crippen MR) is 129 cm³/mol. The molecule has 1 aliphatic rings. The molecule has 1 fully saturated rings. The summed E-state index contributed by atoms with van der Waals surface area (Å²) < 4.78 is 10.7. The minimum absolute atomic E-state index is 0.0346. The van der Waals surface area contributed by atoms with E-state index in [4.69, 9.17) is 9.47 Å². The second-order valence-electron chi connectivity index (χ2n) is 8.13. The highest BCUT2D eigenvalue weighted by molar-refractivity contribution is 5.79. The number of methoxy groups -OCH3 is 2. The van der Waals surface area contributed by atoms with Crippen molar-refractivity contribution in [3.05, 3.63) is 66.2 Å². The smallest absolute Gasteiger partial charge is 0.223 e. The Labute approximate surface area is 194 Å². The van der Waals surface area contributed by atoms with Crippen LogP contribution < -0.4 is 19.7 Å². The van der Waals surface area contributed by atoms with E-state index >= 15 is 0 Å². The number of rotatable bonds is 8. The number of carbonyl (C=O) groups excluding carboxylic acids is 1. The fourth-order valence-electron chi connectivity index (χ4n) is 4.17. The quantitative estimate of drug-likeness (QED) is 0.568. The van der Waals surface area contributed by atoms with Gasteiger partial charge in [-0.25, -0.2) is 0 Å². The Morgan fingerprint density at radius 3 is 2.55 bits per heavy atom. The highest BCUT2D eigenvalue weighted by Gasteiger charge is 2.25. The van der Waals surface area contributed by atoms with Gasteiger partial charge >= 0.3 is 0 Å². The molecule has 0 unspecified atom stereocenters. The van der Waals surface area contributed by atoms with Gasteiger partial charge in [0.25, 0.3) is 0 Å². The van der Waals surface area contributed by atoms with Crippen molar-refractivity contribution in [2.24, 2.45) is 5.92 Å². The summed E-state index contributed by atoms with van der Waals surface area (Å²) in [5.41, 5.74) is 2.85. The highest BCUT2D eigenvalue weighted by Crippen LogP contribution is 2.29. The maximum absolute atomic E-state index is 12.6. The van der Waals surface area contributed by atoms with Crippen molar-refractivity contribution in [3.63, 3.8) is 0 Å². The summed E-state index contributed by atoms with van der Waals surface area (Å²) in [6, 6.07) is 19.7. The van der Waals surface area contributed by atoms with Crippen LogP contribution in [-0.4, -0.2) is 50.0 Å². The zero-order valence-corrected chi connectivity index (χ0v) is 19.2. The number of benzene rings is 2. The molecule has 0 spiro atoms. The molecule has 1 aliphatic heterocycles. The van der Waals surface area contributed by atoms with Crippen LogP contribution in [0.25, 0.3) is 11.3 Å². The molecule has 1 aromatic heterocycles. The molecule has 1 saturated heterocycles. The van der Waals surface area contributed by atoms with Gasteiger partial charge in [0.1, 0.15) is 11.5 Å². The monoisotopic (exact) mass is 446 g/mol. The van der Waals surface area contributed by atoms with Gasteiger partial charge in [-0.1, -0.05) is 24.3 Å². The highest BCUT2D eigenvalue weighted by atomic mass is 16.5. The number of carbonyl (C=O) groups is 1. The lowest BCUT2D eigenvalue weighted by Crippen LogP contribution is -2.41. The number of amides is 1. The van der Waals surface area contributed by atoms with Crippen molar-refractivity contribution in [1.29, 1.82) is 0 Å². The molecule has 2 aromatic carbocycles. The van der Waals surface area contributed by atoms with E-state index in [1.165, 1.54) is 0 Å². The third kappa shape index (κ3) is 5.61. The van der Waals surface area contributed by atoms with E-state index in [2.05, 4.69) is 20.4 Å². The third-order valence-corrected chi connectivity index (χ3v) is 6.07. The molecule has 4 rings (SSSR count). The Hall–Kier alpha value is -3.61. The maximum atomic E-state index is 12.6. The van der Waals surface area contributed by atoms with Gasteiger partial charge in [-0.3, -0.25) is 4.79 Å². The minimum atomic E-state index is 0.0346. The Bertz CT molecular complexity index is 1060. The summed E-state index contributed by atoms with van der Waals surface area (Å²) in [5.74, 6) is 2.62. The molecule has 0 atom stereocenters. The van der Waals surface area contributed by atoms with Gasteiger partial charge in [-0.15, -0.1) is 10.2 Å². The first-order valence-electron chi connectivity index (χ1n) is 11.3. The van der Waals surface area contributed by atoms with E-state index in [-0.39, 0.29) is 11.8 Å². The van der Waals surface area contributed by atoms with E-state index in [0.717, 1.165) is 66.5 Å². The van der Waals surface area contributed by atoms with E-state index in [1.807, 2.05) is 60.7 Å². The summed E-state index contributed by atoms with van der Waals surface area (Å²) in [4.78, 5) is 14.8. The fourth-order valence-corrected chi connectivity index (χ4v) is 4.17. The Morgan fingerprint density at radius 1 is 1.00 bits per heavy atom. The van der Waals surface area contributed by atoms with Crippen LogP contribution in [-0.2, 0) is 11.2 Å². The molecule has 0 radical (unpaired) electrons. The molecular weight excluding hydrogens is 416 g/mol. The number of nitrogens with zero attached hydrogens (tertiary/aromatic N) is 3. The second-order valence-corrected chi connectivity index (χ2v) is 8.13. The van der Waals surface area contributed by atoms with Crippen LogP contribution in [0, 0.1) is 5.92 Å². The first-order chi connectivity index (χ1) is 16.2. The Balaban J connectivity index is 1.26. The predicted octanol–water partition coefficient (Wildman–Crippen LogP) is 3.74. The molecule has 1 N–H and O–H groups in total. The molecule has 0 aliphatic carbocycles. The lowest BCUT2D eigenvalue weighted by atomic mass is 9.96. The number of piperidine rings is 1. The molecule has 3 aromatic rings. The van der Waals surface area contributed by atoms with Crippen molar-refractivity contribution in [2.75, 3.05) is 38.8 Å². The molecule has 7 nitrogen and oxygen atoms in total. The van der Waals surface area contributed by atoms with Crippen LogP contribution in [0.4, 0.5) is 5.82 Å². The van der Waals surface area contributed by atoms with Gasteiger partial charge in [-0.05, 0) is 61.2 Å². The normalized spacial score (nSPS) is 14.1. The summed E-state index contributed by atoms with van der Waals surface area (Å²) >= 11 is 0. The molecule has 1 amide bonds. The second kappa shape index (κ2) is 10.8. The van der Waals surface area contributed by atoms with Gasteiger partial charge < -0.3 is 19.7 Å². The summed E-state index contributed by atoms with van der Waals surface area (Å²) in [7, 11) is 3.31. The van der Waals surface area contributed by atoms with Crippen molar-refractivity contribution in [3.8, 4) is 22.8 Å². The maximum Gasteiger partial charge on any atom is 0.223 e. The van der Waals surface area contributed by atoms with Crippen LogP contribution in [0.2, 0.25) is 0 Å². The fraction of sp³-hybridized carbons (Fsp3) is 0.346. The standard InChI is InChI=1S/C26H30N4O3/c1-32-21-7-5-6-19(18-21)12-15-27-26(31)20-13-16-30(17-14-20)25-11-10-23(28-29-25)22-8-3-4-9-24(22)33-2/h3-11,18,20H,12-17H2,1-2H3,(H,27,31). The first-order valence-corrected chi connectivity index (χ1v) is 11.3. The lowest BCUT2D eigenvalue weighted by Gasteiger charge is -2.31. The SMILES string of the molecule is COc1cccc(CCNC(=O)C2CCN(c3ccc(-c4ccccc4OC)nn3)CC2)c1. The van der Waals surface area contributed by atoms with E-state index in [0.29, 0.717) is 6.54 Å². The van der Waals surface area contributed by atoms with Crippen LogP contribution >= 0.6 is 0 Å². The van der Waals surface area contributed by atoms with Crippen molar-refractivity contribution in [2.45, 2.75) is 19.3 Å². The van der Waals surface area contributed by atoms with Gasteiger partial charge in [-0.2, -0.15) is 0 Å². The van der Waals surface area contributed by atoms with Crippen LogP contribution in [0.15, 0.2) is 60.7 Å². The molecule has 33 heavy (non-hydrogen) atoms. The number of hydrogen-bond donors (Lipinski definition) is 1. The number of aromatic nitrogens is 2. The zero-order chi connectivity index (χ0) is 23.0. The number of para-hydroxylation sites is 1. The lowest BCUT2D eigenvalue weighted by molar-refractivity contribution is -0.125. The molecule has 7 heteroatoms. The molecule has 0 bridgehead atoms. The largest absolute Gasteiger partial charge is 0.497 e. The molecule has 172 valence electrons. The van der Waals surface area contributed by atoms with E-state index < -0.39 is 0 Å². The van der Waals surface area contributed by atoms with Crippen molar-refractivity contribution in [1.82, 2.24) is 15.5 Å². The van der Waals surface area contributed by atoms with E-state index in [9.17, 15) is 4.79 Å². The average molecular weight is 447 g/mol. The van der Waals surface area contributed by atoms with Crippen LogP contribution in [0.1, 0.15) is 18.4 Å². The van der Waals surface area contributed by atoms with E-state index in [1.54, 1.807) is 14.2 Å². The van der Waals surface area contributed by atoms with Gasteiger partial charge in [0.15, 0.2) is 5.82 Å². The minimum Gasteiger partial charge on any atom is -0.497 e. The Kier molecular flexibility index (Phi) is 7.40. The zero-order valence-electron chi connectivity index (χ0n) is 19.2. The number of ether oxygens (including phenoxy) is 2. The number of anilines is 1. The topological polar surface area (TPSA) is 76.6 Å². The number of nitrogens with one attached hydrogen (secondary N) is 1. The van der Waals surface area contributed by atoms with Gasteiger partial charge in [0.2, 0.25) is 5.91 Å². The van der Waals surface area contributed by atoms with Crippen molar-refractivity contribution >= 4 is 11.7 Å². The average Bonchev–Trinajstić information content (AvgIpc) is 2.89. The van der Waals surface area contributed by atoms with Crippen LogP contribution in [0.3, 0.4) is 0 Å². The summed E-state index contributed by atoms with van der Waals surface area (Å²) in [5, 5.41) is 11.9. The summed E-state index contributed by atoms with van der Waals surface area (Å²) in [6.07, 6.45) is 2.40. The summed E-state index contributed by atoms with van der Waals surface area (Å²) in [6.45, 7) is 2.20. The van der Waals surface area contributed by atoms with Crippen LogP contribution in [0.5, 0.6) is 11.5 Å². The third-order valence-electron chi connectivity index (χ3n) is 6.07. The van der Waals surface area contributed by atoms with Gasteiger partial charge in [0, 0.05) is 31.1 Å². The first kappa shape index (κ1) is 22.6. The van der Waals surface area contributed by atoms with Gasteiger partial charge in [0.05, 0.1) is 19.9 Å². The number of hydrogen-bond acceptors (Lipinski definition) is 6. The van der Waals surface area contributed by atoms with Crippen molar-refractivity contribution < 1.29 is 14.3 Å². The molecule has 0 saturated carbocycles. The Morgan fingerprint density at radius 2 is 1.82 bits per heavy atom.